The average Bonchev–Trinajstić information content (AvgIpc) is 2.61. The number of amides is 2. The van der Waals surface area contributed by atoms with Crippen LogP contribution in [-0.2, 0) is 14.3 Å². The number of ether oxygens (including phenoxy) is 1. The summed E-state index contributed by atoms with van der Waals surface area (Å²) in [5.74, 6) is -1.73. The molecule has 3 N–H and O–H groups in total. The number of hydrogen-bond donors (Lipinski definition) is 2. The van der Waals surface area contributed by atoms with Gasteiger partial charge in [0.1, 0.15) is 6.54 Å². The van der Waals surface area contributed by atoms with Crippen molar-refractivity contribution in [3.63, 3.8) is 0 Å². The number of para-hydroxylation sites is 2. The maximum atomic E-state index is 12.4. The first kappa shape index (κ1) is 18.0. The Kier molecular flexibility index (Phi) is 5.01. The van der Waals surface area contributed by atoms with E-state index in [1.807, 2.05) is 0 Å². The first-order valence-electron chi connectivity index (χ1n) is 7.47. The topological polar surface area (TPSA) is 102 Å². The highest BCUT2D eigenvalue weighted by molar-refractivity contribution is 6.37. The van der Waals surface area contributed by atoms with E-state index in [1.165, 1.54) is 17.0 Å². The van der Waals surface area contributed by atoms with Crippen molar-refractivity contribution in [2.24, 2.45) is 0 Å². The summed E-state index contributed by atoms with van der Waals surface area (Å²) >= 11 is 11.7. The number of hydrogen-bond acceptors (Lipinski definition) is 5. The van der Waals surface area contributed by atoms with Gasteiger partial charge in [-0.15, -0.1) is 0 Å². The van der Waals surface area contributed by atoms with Gasteiger partial charge in [0.15, 0.2) is 6.61 Å². The number of fused-ring (bicyclic) bond motifs is 1. The van der Waals surface area contributed by atoms with Crippen LogP contribution in [0, 0.1) is 0 Å². The van der Waals surface area contributed by atoms with E-state index >= 15 is 0 Å². The van der Waals surface area contributed by atoms with Crippen LogP contribution in [-0.4, -0.2) is 30.9 Å². The van der Waals surface area contributed by atoms with Crippen molar-refractivity contribution < 1.29 is 19.1 Å². The Morgan fingerprint density at radius 3 is 2.73 bits per heavy atom. The molecule has 0 saturated heterocycles. The molecular formula is C17H13Cl2N3O4. The minimum atomic E-state index is -0.838. The van der Waals surface area contributed by atoms with Crippen LogP contribution in [0.2, 0.25) is 10.0 Å². The van der Waals surface area contributed by atoms with Gasteiger partial charge in [-0.1, -0.05) is 35.3 Å². The van der Waals surface area contributed by atoms with Gasteiger partial charge in [0.2, 0.25) is 5.91 Å². The summed E-state index contributed by atoms with van der Waals surface area (Å²) in [5, 5.41) is 2.99. The second-order valence-electron chi connectivity index (χ2n) is 5.47. The molecule has 0 radical (unpaired) electrons. The molecule has 3 rings (SSSR count). The number of carbonyl (C=O) groups is 3. The summed E-state index contributed by atoms with van der Waals surface area (Å²) in [6, 6.07) is 9.52. The Hall–Kier alpha value is -2.77. The average molecular weight is 394 g/mol. The second-order valence-corrected chi connectivity index (χ2v) is 6.31. The van der Waals surface area contributed by atoms with Crippen LogP contribution in [0.15, 0.2) is 36.4 Å². The molecule has 134 valence electrons. The predicted octanol–water partition coefficient (Wildman–Crippen LogP) is 2.72. The maximum Gasteiger partial charge on any atom is 0.340 e. The van der Waals surface area contributed by atoms with Crippen LogP contribution < -0.4 is 16.0 Å². The van der Waals surface area contributed by atoms with Gasteiger partial charge in [0.05, 0.1) is 27.6 Å². The zero-order chi connectivity index (χ0) is 18.8. The van der Waals surface area contributed by atoms with Gasteiger partial charge >= 0.3 is 5.97 Å². The Bertz CT molecular complexity index is 917. The Morgan fingerprint density at radius 2 is 1.96 bits per heavy atom. The lowest BCUT2D eigenvalue weighted by atomic mass is 10.2. The monoisotopic (exact) mass is 393 g/mol. The lowest BCUT2D eigenvalue weighted by molar-refractivity contribution is -0.124. The number of anilines is 3. The van der Waals surface area contributed by atoms with E-state index in [9.17, 15) is 14.4 Å². The van der Waals surface area contributed by atoms with Crippen LogP contribution in [0.5, 0.6) is 0 Å². The molecule has 2 aromatic carbocycles. The van der Waals surface area contributed by atoms with Crippen LogP contribution in [0.25, 0.3) is 0 Å². The first-order chi connectivity index (χ1) is 12.4. The van der Waals surface area contributed by atoms with Crippen molar-refractivity contribution >= 4 is 58.0 Å². The summed E-state index contributed by atoms with van der Waals surface area (Å²) in [6.45, 7) is -0.734. The standard InChI is InChI=1S/C17H13Cl2N3O4/c18-9-5-10(16(20)11(19)6-9)17(25)26-8-15(24)22-7-14(23)21-12-3-1-2-4-13(12)22/h1-6H,7-8,20H2,(H,21,23). The molecule has 7 nitrogen and oxygen atoms in total. The molecule has 9 heteroatoms. The third-order valence-electron chi connectivity index (χ3n) is 3.71. The fourth-order valence-electron chi connectivity index (χ4n) is 2.49. The molecular weight excluding hydrogens is 381 g/mol. The van der Waals surface area contributed by atoms with Crippen LogP contribution >= 0.6 is 23.2 Å². The van der Waals surface area contributed by atoms with E-state index in [-0.39, 0.29) is 33.7 Å². The zero-order valence-corrected chi connectivity index (χ0v) is 14.8. The van der Waals surface area contributed by atoms with E-state index in [1.54, 1.807) is 24.3 Å². The van der Waals surface area contributed by atoms with Crippen LogP contribution in [0.4, 0.5) is 17.1 Å². The molecule has 0 atom stereocenters. The molecule has 1 heterocycles. The van der Waals surface area contributed by atoms with Crippen molar-refractivity contribution in [3.8, 4) is 0 Å². The molecule has 0 aromatic heterocycles. The van der Waals surface area contributed by atoms with Crippen molar-refractivity contribution in [2.75, 3.05) is 29.1 Å². The molecule has 26 heavy (non-hydrogen) atoms. The molecule has 0 unspecified atom stereocenters. The number of halogens is 2. The van der Waals surface area contributed by atoms with Gasteiger partial charge in [-0.2, -0.15) is 0 Å². The summed E-state index contributed by atoms with van der Waals surface area (Å²) in [6.07, 6.45) is 0. The Balaban J connectivity index is 1.74. The summed E-state index contributed by atoms with van der Waals surface area (Å²) in [5.41, 5.74) is 6.75. The lowest BCUT2D eigenvalue weighted by Gasteiger charge is -2.28. The van der Waals surface area contributed by atoms with Crippen molar-refractivity contribution in [2.45, 2.75) is 0 Å². The number of nitrogen functional groups attached to an aromatic ring is 1. The summed E-state index contributed by atoms with van der Waals surface area (Å²) in [4.78, 5) is 37.7. The number of esters is 1. The molecule has 1 aliphatic rings. The number of nitrogens with zero attached hydrogens (tertiary/aromatic N) is 1. The van der Waals surface area contributed by atoms with Gasteiger partial charge < -0.3 is 15.8 Å². The molecule has 0 aliphatic carbocycles. The Labute approximate surface area is 158 Å². The number of rotatable bonds is 3. The number of carbonyl (C=O) groups excluding carboxylic acids is 3. The fourth-order valence-corrected chi connectivity index (χ4v) is 2.99. The number of nitrogens with two attached hydrogens (primary N) is 1. The number of benzene rings is 2. The summed E-state index contributed by atoms with van der Waals surface area (Å²) < 4.78 is 5.03. The first-order valence-corrected chi connectivity index (χ1v) is 8.23. The minimum Gasteiger partial charge on any atom is -0.452 e. The van der Waals surface area contributed by atoms with Crippen molar-refractivity contribution in [1.29, 1.82) is 0 Å². The van der Waals surface area contributed by atoms with Gasteiger partial charge in [-0.25, -0.2) is 4.79 Å². The van der Waals surface area contributed by atoms with E-state index < -0.39 is 18.5 Å². The van der Waals surface area contributed by atoms with Crippen molar-refractivity contribution in [1.82, 2.24) is 0 Å². The van der Waals surface area contributed by atoms with Gasteiger partial charge in [-0.05, 0) is 24.3 Å². The zero-order valence-electron chi connectivity index (χ0n) is 13.3. The van der Waals surface area contributed by atoms with E-state index in [2.05, 4.69) is 5.32 Å². The molecule has 0 bridgehead atoms. The predicted molar refractivity (Wildman–Crippen MR) is 98.6 cm³/mol. The smallest absolute Gasteiger partial charge is 0.340 e. The highest BCUT2D eigenvalue weighted by Gasteiger charge is 2.27. The highest BCUT2D eigenvalue weighted by Crippen LogP contribution is 2.30. The molecule has 0 saturated carbocycles. The summed E-state index contributed by atoms with van der Waals surface area (Å²) in [7, 11) is 0. The number of nitrogens with one attached hydrogen (secondary N) is 1. The van der Waals surface area contributed by atoms with Crippen LogP contribution in [0.3, 0.4) is 0 Å². The van der Waals surface area contributed by atoms with Gasteiger partial charge in [0.25, 0.3) is 5.91 Å². The lowest BCUT2D eigenvalue weighted by Crippen LogP contribution is -2.44. The maximum absolute atomic E-state index is 12.4. The molecule has 0 spiro atoms. The third-order valence-corrected chi connectivity index (χ3v) is 4.24. The van der Waals surface area contributed by atoms with Crippen molar-refractivity contribution in [3.05, 3.63) is 52.0 Å². The normalized spacial score (nSPS) is 13.0. The largest absolute Gasteiger partial charge is 0.452 e. The van der Waals surface area contributed by atoms with Gasteiger partial charge in [-0.3, -0.25) is 14.5 Å². The second kappa shape index (κ2) is 7.23. The molecule has 2 amide bonds. The van der Waals surface area contributed by atoms with Gasteiger partial charge in [0, 0.05) is 5.02 Å². The minimum absolute atomic E-state index is 0.0104. The Morgan fingerprint density at radius 1 is 1.23 bits per heavy atom. The van der Waals surface area contributed by atoms with E-state index in [0.29, 0.717) is 11.4 Å². The van der Waals surface area contributed by atoms with E-state index in [0.717, 1.165) is 0 Å². The highest BCUT2D eigenvalue weighted by atomic mass is 35.5. The molecule has 2 aromatic rings. The van der Waals surface area contributed by atoms with Crippen LogP contribution in [0.1, 0.15) is 10.4 Å². The fraction of sp³-hybridized carbons (Fsp3) is 0.118. The third kappa shape index (κ3) is 3.58. The quantitative estimate of drug-likeness (QED) is 0.616. The molecule has 0 fully saturated rings. The van der Waals surface area contributed by atoms with E-state index in [4.69, 9.17) is 33.7 Å². The molecule has 1 aliphatic heterocycles. The SMILES string of the molecule is Nc1c(Cl)cc(Cl)cc1C(=O)OCC(=O)N1CC(=O)Nc2ccccc21.